The van der Waals surface area contributed by atoms with Crippen LogP contribution in [0.25, 0.3) is 0 Å². The molecule has 0 spiro atoms. The van der Waals surface area contributed by atoms with E-state index in [0.717, 1.165) is 25.4 Å². The van der Waals surface area contributed by atoms with Gasteiger partial charge in [-0.05, 0) is 6.42 Å². The summed E-state index contributed by atoms with van der Waals surface area (Å²) < 4.78 is 0. The van der Waals surface area contributed by atoms with Crippen LogP contribution < -0.4 is 15.9 Å². The van der Waals surface area contributed by atoms with E-state index in [0.29, 0.717) is 6.61 Å². The average molecular weight is 549 g/mol. The van der Waals surface area contributed by atoms with Crippen molar-refractivity contribution < 1.29 is 10.2 Å². The number of aliphatic hydroxyl groups is 2. The molecular weight excluding hydrogens is 495 g/mol. The molecule has 3 aromatic carbocycles. The number of hydrogen-bond acceptors (Lipinski definition) is 2. The van der Waals surface area contributed by atoms with Crippen LogP contribution in [0.5, 0.6) is 0 Å². The van der Waals surface area contributed by atoms with Gasteiger partial charge in [-0.1, -0.05) is 25.7 Å². The van der Waals surface area contributed by atoms with Gasteiger partial charge in [0.25, 0.3) is 0 Å². The first-order chi connectivity index (χ1) is 19.3. The van der Waals surface area contributed by atoms with Gasteiger partial charge in [-0.2, -0.15) is 0 Å². The van der Waals surface area contributed by atoms with Crippen LogP contribution in [0.2, 0.25) is 0 Å². The maximum absolute atomic E-state index is 11.4. The van der Waals surface area contributed by atoms with Crippen LogP contribution in [-0.4, -0.2) is 29.1 Å². The third-order valence-electron chi connectivity index (χ3n) is 8.29. The molecule has 0 aromatic heterocycles. The molecule has 3 rings (SSSR count). The van der Waals surface area contributed by atoms with Crippen LogP contribution >= 0.6 is 7.26 Å². The fourth-order valence-corrected chi connectivity index (χ4v) is 11.0. The summed E-state index contributed by atoms with van der Waals surface area (Å²) in [6.07, 6.45) is 19.3. The molecule has 0 aliphatic carbocycles. The quantitative estimate of drug-likeness (QED) is 0.105. The molecule has 1 atom stereocenters. The topological polar surface area (TPSA) is 40.5 Å². The molecule has 0 radical (unpaired) electrons. The molecule has 0 aliphatic rings. The Morgan fingerprint density at radius 1 is 0.436 bits per heavy atom. The van der Waals surface area contributed by atoms with E-state index < -0.39 is 7.26 Å². The molecule has 0 aliphatic heterocycles. The van der Waals surface area contributed by atoms with Gasteiger partial charge < -0.3 is 5.11 Å². The summed E-state index contributed by atoms with van der Waals surface area (Å²) in [6.45, 7) is 0.347. The Kier molecular flexibility index (Phi) is 15.5. The van der Waals surface area contributed by atoms with Gasteiger partial charge in [0.15, 0.2) is 0 Å². The van der Waals surface area contributed by atoms with Gasteiger partial charge in [-0.15, -0.1) is 0 Å². The van der Waals surface area contributed by atoms with Crippen LogP contribution in [0.3, 0.4) is 0 Å². The first kappa shape index (κ1) is 31.5. The Labute approximate surface area is 239 Å². The third kappa shape index (κ3) is 10.8. The molecule has 0 saturated heterocycles. The van der Waals surface area contributed by atoms with E-state index in [1.54, 1.807) is 0 Å². The number of unbranched alkanes of at least 4 members (excludes halogenated alkanes) is 13. The zero-order chi connectivity index (χ0) is 27.4. The van der Waals surface area contributed by atoms with Crippen LogP contribution in [0.15, 0.2) is 91.0 Å². The van der Waals surface area contributed by atoms with Crippen LogP contribution in [-0.2, 0) is 0 Å². The van der Waals surface area contributed by atoms with Crippen molar-refractivity contribution in [1.82, 2.24) is 0 Å². The minimum absolute atomic E-state index is 0.291. The molecule has 3 heteroatoms. The summed E-state index contributed by atoms with van der Waals surface area (Å²) >= 11 is 0. The van der Waals surface area contributed by atoms with Crippen molar-refractivity contribution in [2.24, 2.45) is 0 Å². The van der Waals surface area contributed by atoms with Crippen molar-refractivity contribution in [3.63, 3.8) is 0 Å². The number of hydrogen-bond donors (Lipinski definition) is 2. The summed E-state index contributed by atoms with van der Waals surface area (Å²) in [4.78, 5) is 0. The van der Waals surface area contributed by atoms with Gasteiger partial charge in [0.1, 0.15) is 0 Å². The Bertz CT molecular complexity index is 880. The fourth-order valence-electron chi connectivity index (χ4n) is 6.09. The van der Waals surface area contributed by atoms with Crippen LogP contribution in [0, 0.1) is 0 Å². The van der Waals surface area contributed by atoms with E-state index in [9.17, 15) is 5.11 Å². The normalized spacial score (nSPS) is 12.9. The molecule has 39 heavy (non-hydrogen) atoms. The zero-order valence-electron chi connectivity index (χ0n) is 24.2. The monoisotopic (exact) mass is 548 g/mol. The number of benzene rings is 3. The number of aliphatic hydroxyl groups excluding tert-OH is 2. The van der Waals surface area contributed by atoms with Gasteiger partial charge in [-0.25, -0.2) is 0 Å². The molecule has 3 aromatic rings. The van der Waals surface area contributed by atoms with Gasteiger partial charge in [0.05, 0.1) is 0 Å². The SMILES string of the molecule is OCCCCCCCCCCCCCCCCC(O)C[PH](c1ccccc1)(c1ccccc1)c1ccccc1. The van der Waals surface area contributed by atoms with Crippen molar-refractivity contribution in [2.45, 2.75) is 102 Å². The maximum atomic E-state index is 11.4. The van der Waals surface area contributed by atoms with Crippen molar-refractivity contribution in [3.05, 3.63) is 91.0 Å². The van der Waals surface area contributed by atoms with Gasteiger partial charge in [0, 0.05) is 6.61 Å². The first-order valence-electron chi connectivity index (χ1n) is 15.7. The standard InChI is InChI=1S/C36H53O2P/c37-31-23-12-10-8-6-4-2-1-3-5-7-9-11-16-24-33(38)32-39(34-25-17-13-18-26-34,35-27-19-14-20-28-35)36-29-21-15-22-30-36/h13-15,17-22,25-30,33,37-39H,1-12,16,23-24,31-32H2. The summed E-state index contributed by atoms with van der Waals surface area (Å²) in [5.74, 6) is 0. The summed E-state index contributed by atoms with van der Waals surface area (Å²) in [6, 6.07) is 32.8. The molecule has 1 unspecified atom stereocenters. The Balaban J connectivity index is 1.43. The number of rotatable bonds is 21. The molecule has 0 amide bonds. The van der Waals surface area contributed by atoms with E-state index in [1.165, 1.54) is 93.0 Å². The third-order valence-corrected chi connectivity index (χ3v) is 13.3. The second-order valence-electron chi connectivity index (χ2n) is 11.3. The zero-order valence-corrected chi connectivity index (χ0v) is 25.2. The Morgan fingerprint density at radius 3 is 1.08 bits per heavy atom. The molecule has 0 heterocycles. The molecule has 2 nitrogen and oxygen atoms in total. The van der Waals surface area contributed by atoms with Gasteiger partial charge in [-0.3, -0.25) is 0 Å². The van der Waals surface area contributed by atoms with Gasteiger partial charge >= 0.3 is 196 Å². The van der Waals surface area contributed by atoms with E-state index in [4.69, 9.17) is 5.11 Å². The van der Waals surface area contributed by atoms with Crippen molar-refractivity contribution in [2.75, 3.05) is 12.8 Å². The van der Waals surface area contributed by atoms with E-state index in [2.05, 4.69) is 91.0 Å². The van der Waals surface area contributed by atoms with Crippen molar-refractivity contribution in [1.29, 1.82) is 0 Å². The summed E-state index contributed by atoms with van der Waals surface area (Å²) in [5, 5.41) is 24.4. The molecule has 0 bridgehead atoms. The molecule has 0 fully saturated rings. The van der Waals surface area contributed by atoms with E-state index in [-0.39, 0.29) is 6.10 Å². The first-order valence-corrected chi connectivity index (χ1v) is 17.9. The predicted octanol–water partition coefficient (Wildman–Crippen LogP) is 7.92. The second-order valence-corrected chi connectivity index (χ2v) is 15.3. The second kappa shape index (κ2) is 19.1. The Hall–Kier alpha value is -1.99. The summed E-state index contributed by atoms with van der Waals surface area (Å²) in [5.41, 5.74) is 0. The fraction of sp³-hybridized carbons (Fsp3) is 0.500. The van der Waals surface area contributed by atoms with Gasteiger partial charge in [0.2, 0.25) is 0 Å². The van der Waals surface area contributed by atoms with Crippen molar-refractivity contribution >= 4 is 23.2 Å². The van der Waals surface area contributed by atoms with Crippen LogP contribution in [0.1, 0.15) is 96.3 Å². The van der Waals surface area contributed by atoms with E-state index in [1.807, 2.05) is 0 Å². The molecule has 214 valence electrons. The summed E-state index contributed by atoms with van der Waals surface area (Å²) in [7, 11) is -2.36. The Morgan fingerprint density at radius 2 is 0.744 bits per heavy atom. The molecular formula is C36H53O2P. The molecule has 0 saturated carbocycles. The predicted molar refractivity (Wildman–Crippen MR) is 174 cm³/mol. The van der Waals surface area contributed by atoms with Crippen molar-refractivity contribution in [3.8, 4) is 0 Å². The van der Waals surface area contributed by atoms with Crippen LogP contribution in [0.4, 0.5) is 0 Å². The van der Waals surface area contributed by atoms with E-state index >= 15 is 0 Å². The minimum atomic E-state index is -2.36. The average Bonchev–Trinajstić information content (AvgIpc) is 2.99. The molecule has 2 N–H and O–H groups in total.